The Hall–Kier alpha value is -4.20. The minimum absolute atomic E-state index is 0.580. The summed E-state index contributed by atoms with van der Waals surface area (Å²) in [5, 5.41) is 8.98. The average molecular weight is 457 g/mol. The summed E-state index contributed by atoms with van der Waals surface area (Å²) < 4.78 is 11.0. The van der Waals surface area contributed by atoms with Crippen molar-refractivity contribution in [2.24, 2.45) is 0 Å². The second kappa shape index (κ2) is 8.97. The van der Waals surface area contributed by atoms with Gasteiger partial charge < -0.3 is 30.1 Å². The Morgan fingerprint density at radius 1 is 0.971 bits per heavy atom. The number of aromatic nitrogens is 4. The molecule has 0 unspecified atom stereocenters. The first kappa shape index (κ1) is 21.6. The molecule has 4 N–H and O–H groups in total. The van der Waals surface area contributed by atoms with Crippen molar-refractivity contribution in [1.82, 2.24) is 19.9 Å². The molecule has 8 nitrogen and oxygen atoms in total. The summed E-state index contributed by atoms with van der Waals surface area (Å²) in [5.41, 5.74) is 6.54. The lowest BCUT2D eigenvalue weighted by molar-refractivity contribution is 0.397. The van der Waals surface area contributed by atoms with Gasteiger partial charge in [-0.1, -0.05) is 0 Å². The van der Waals surface area contributed by atoms with Gasteiger partial charge in [-0.25, -0.2) is 4.98 Å². The minimum Gasteiger partial charge on any atom is -0.497 e. The third-order valence-corrected chi connectivity index (χ3v) is 5.96. The molecular formula is C26H28N6O2. The quantitative estimate of drug-likeness (QED) is 0.247. The van der Waals surface area contributed by atoms with Gasteiger partial charge in [-0.15, -0.1) is 0 Å². The second-order valence-corrected chi connectivity index (χ2v) is 8.30. The predicted molar refractivity (Wildman–Crippen MR) is 137 cm³/mol. The monoisotopic (exact) mass is 456 g/mol. The SMILES string of the molecule is COc1cc(OC)c2[nH]c(C)c(CCNc3nccc(Nc4ccc5[nH]c(C)cc5c4)n3)c2c1. The molecule has 5 aromatic rings. The third-order valence-electron chi connectivity index (χ3n) is 5.96. The number of hydrogen-bond donors (Lipinski definition) is 4. The van der Waals surface area contributed by atoms with Crippen molar-refractivity contribution in [3.8, 4) is 11.5 Å². The minimum atomic E-state index is 0.580. The van der Waals surface area contributed by atoms with Gasteiger partial charge in [-0.05, 0) is 62.2 Å². The zero-order valence-electron chi connectivity index (χ0n) is 19.7. The van der Waals surface area contributed by atoms with Crippen LogP contribution in [-0.2, 0) is 6.42 Å². The summed E-state index contributed by atoms with van der Waals surface area (Å²) in [4.78, 5) is 15.8. The van der Waals surface area contributed by atoms with Crippen LogP contribution in [0.4, 0.5) is 17.5 Å². The van der Waals surface area contributed by atoms with Gasteiger partial charge >= 0.3 is 0 Å². The fourth-order valence-electron chi connectivity index (χ4n) is 4.34. The van der Waals surface area contributed by atoms with Crippen molar-refractivity contribution in [3.63, 3.8) is 0 Å². The number of aryl methyl sites for hydroxylation is 2. The smallest absolute Gasteiger partial charge is 0.224 e. The number of fused-ring (bicyclic) bond motifs is 2. The van der Waals surface area contributed by atoms with Gasteiger partial charge in [0.1, 0.15) is 17.3 Å². The molecule has 0 saturated carbocycles. The highest BCUT2D eigenvalue weighted by atomic mass is 16.5. The van der Waals surface area contributed by atoms with E-state index in [-0.39, 0.29) is 0 Å². The van der Waals surface area contributed by atoms with E-state index in [1.54, 1.807) is 20.4 Å². The van der Waals surface area contributed by atoms with E-state index in [2.05, 4.69) is 62.6 Å². The van der Waals surface area contributed by atoms with Crippen molar-refractivity contribution < 1.29 is 9.47 Å². The van der Waals surface area contributed by atoms with E-state index in [1.165, 1.54) is 5.56 Å². The van der Waals surface area contributed by atoms with Crippen molar-refractivity contribution in [2.45, 2.75) is 20.3 Å². The standard InChI is InChI=1S/C26H28N6O2/c1-15-11-17-12-18(5-6-22(17)29-15)31-24-8-10-28-26(32-24)27-9-7-20-16(2)30-25-21(20)13-19(33-3)14-23(25)34-4/h5-6,8,10-14,29-30H,7,9H2,1-4H3,(H2,27,28,31,32). The van der Waals surface area contributed by atoms with E-state index < -0.39 is 0 Å². The van der Waals surface area contributed by atoms with E-state index >= 15 is 0 Å². The molecule has 2 aromatic carbocycles. The zero-order valence-corrected chi connectivity index (χ0v) is 19.7. The van der Waals surface area contributed by atoms with Crippen molar-refractivity contribution in [2.75, 3.05) is 31.4 Å². The van der Waals surface area contributed by atoms with Crippen LogP contribution in [0.5, 0.6) is 11.5 Å². The molecule has 0 amide bonds. The maximum absolute atomic E-state index is 5.54. The summed E-state index contributed by atoms with van der Waals surface area (Å²) >= 11 is 0. The molecule has 34 heavy (non-hydrogen) atoms. The van der Waals surface area contributed by atoms with Crippen LogP contribution in [0.15, 0.2) is 48.7 Å². The number of anilines is 3. The molecule has 8 heteroatoms. The molecule has 3 heterocycles. The lowest BCUT2D eigenvalue weighted by atomic mass is 10.1. The Balaban J connectivity index is 1.29. The van der Waals surface area contributed by atoms with Crippen molar-refractivity contribution >= 4 is 39.3 Å². The summed E-state index contributed by atoms with van der Waals surface area (Å²) in [5.74, 6) is 2.86. The van der Waals surface area contributed by atoms with Gasteiger partial charge in [0.05, 0.1) is 19.7 Å². The molecule has 3 aromatic heterocycles. The Kier molecular flexibility index (Phi) is 5.71. The molecule has 0 atom stereocenters. The maximum atomic E-state index is 5.54. The van der Waals surface area contributed by atoms with Crippen LogP contribution in [0.2, 0.25) is 0 Å². The Morgan fingerprint density at radius 2 is 1.85 bits per heavy atom. The molecule has 0 radical (unpaired) electrons. The van der Waals surface area contributed by atoms with Gasteiger partial charge in [-0.2, -0.15) is 4.98 Å². The first-order valence-corrected chi connectivity index (χ1v) is 11.2. The van der Waals surface area contributed by atoms with E-state index in [4.69, 9.17) is 9.47 Å². The van der Waals surface area contributed by atoms with Gasteiger partial charge in [0, 0.05) is 52.2 Å². The van der Waals surface area contributed by atoms with E-state index in [1.807, 2.05) is 24.3 Å². The number of nitrogens with zero attached hydrogens (tertiary/aromatic N) is 2. The van der Waals surface area contributed by atoms with Crippen molar-refractivity contribution in [1.29, 1.82) is 0 Å². The summed E-state index contributed by atoms with van der Waals surface area (Å²) in [6.45, 7) is 4.82. The largest absolute Gasteiger partial charge is 0.497 e. The number of methoxy groups -OCH3 is 2. The number of rotatable bonds is 8. The maximum Gasteiger partial charge on any atom is 0.224 e. The Labute approximate surface area is 197 Å². The third kappa shape index (κ3) is 4.22. The predicted octanol–water partition coefficient (Wildman–Crippen LogP) is 5.47. The van der Waals surface area contributed by atoms with Crippen LogP contribution >= 0.6 is 0 Å². The highest BCUT2D eigenvalue weighted by Crippen LogP contribution is 2.34. The zero-order chi connectivity index (χ0) is 23.7. The van der Waals surface area contributed by atoms with E-state index in [0.717, 1.165) is 62.6 Å². The number of ether oxygens (including phenoxy) is 2. The number of hydrogen-bond acceptors (Lipinski definition) is 6. The molecule has 174 valence electrons. The Morgan fingerprint density at radius 3 is 2.68 bits per heavy atom. The number of aromatic amines is 2. The first-order valence-electron chi connectivity index (χ1n) is 11.2. The molecule has 0 fully saturated rings. The summed E-state index contributed by atoms with van der Waals surface area (Å²) in [6, 6.07) is 14.1. The molecular weight excluding hydrogens is 428 g/mol. The van der Waals surface area contributed by atoms with Gasteiger partial charge in [-0.3, -0.25) is 0 Å². The molecule has 0 saturated heterocycles. The number of nitrogens with one attached hydrogen (secondary N) is 4. The van der Waals surface area contributed by atoms with Crippen LogP contribution in [0.25, 0.3) is 21.8 Å². The normalized spacial score (nSPS) is 11.2. The summed E-state index contributed by atoms with van der Waals surface area (Å²) in [7, 11) is 3.33. The van der Waals surface area contributed by atoms with Crippen LogP contribution < -0.4 is 20.1 Å². The lowest BCUT2D eigenvalue weighted by Crippen LogP contribution is -2.09. The second-order valence-electron chi connectivity index (χ2n) is 8.30. The summed E-state index contributed by atoms with van der Waals surface area (Å²) in [6.07, 6.45) is 2.55. The molecule has 5 rings (SSSR count). The first-order chi connectivity index (χ1) is 16.5. The molecule has 0 aliphatic carbocycles. The Bertz CT molecular complexity index is 1470. The lowest BCUT2D eigenvalue weighted by Gasteiger charge is -2.09. The van der Waals surface area contributed by atoms with E-state index in [0.29, 0.717) is 12.5 Å². The number of H-pyrrole nitrogens is 2. The van der Waals surface area contributed by atoms with Crippen LogP contribution in [0, 0.1) is 13.8 Å². The fraction of sp³-hybridized carbons (Fsp3) is 0.231. The molecule has 0 bridgehead atoms. The van der Waals surface area contributed by atoms with Gasteiger partial charge in [0.15, 0.2) is 0 Å². The average Bonchev–Trinajstić information content (AvgIpc) is 3.36. The fourth-order valence-corrected chi connectivity index (χ4v) is 4.34. The number of benzene rings is 2. The molecule has 0 aliphatic rings. The van der Waals surface area contributed by atoms with Crippen molar-refractivity contribution in [3.05, 3.63) is 65.6 Å². The topological polar surface area (TPSA) is 99.9 Å². The van der Waals surface area contributed by atoms with Gasteiger partial charge in [0.2, 0.25) is 5.95 Å². The molecule has 0 aliphatic heterocycles. The van der Waals surface area contributed by atoms with Crippen LogP contribution in [0.3, 0.4) is 0 Å². The molecule has 0 spiro atoms. The van der Waals surface area contributed by atoms with Crippen LogP contribution in [-0.4, -0.2) is 40.7 Å². The highest BCUT2D eigenvalue weighted by molar-refractivity contribution is 5.91. The highest BCUT2D eigenvalue weighted by Gasteiger charge is 2.14. The van der Waals surface area contributed by atoms with E-state index in [9.17, 15) is 0 Å². The van der Waals surface area contributed by atoms with Crippen LogP contribution in [0.1, 0.15) is 17.0 Å². The van der Waals surface area contributed by atoms with Gasteiger partial charge in [0.25, 0.3) is 0 Å².